The fourth-order valence-electron chi connectivity index (χ4n) is 2.28. The van der Waals surface area contributed by atoms with Crippen molar-refractivity contribution in [3.8, 4) is 5.75 Å². The van der Waals surface area contributed by atoms with Crippen LogP contribution in [0.5, 0.6) is 5.75 Å². The van der Waals surface area contributed by atoms with Crippen LogP contribution in [0, 0.1) is 11.8 Å². The summed E-state index contributed by atoms with van der Waals surface area (Å²) in [6, 6.07) is 4.64. The van der Waals surface area contributed by atoms with E-state index in [1.807, 2.05) is 0 Å². The molecule has 0 fully saturated rings. The summed E-state index contributed by atoms with van der Waals surface area (Å²) in [6.07, 6.45) is 0.345. The first-order valence-electron chi connectivity index (χ1n) is 5.25. The van der Waals surface area contributed by atoms with Crippen molar-refractivity contribution in [3.63, 3.8) is 0 Å². The molecule has 5 nitrogen and oxygen atoms in total. The Morgan fingerprint density at radius 2 is 1.53 bits per heavy atom. The van der Waals surface area contributed by atoms with Gasteiger partial charge in [0.15, 0.2) is 0 Å². The molecule has 2 rings (SSSR count). The third-order valence-corrected chi connectivity index (χ3v) is 3.19. The predicted molar refractivity (Wildman–Crippen MR) is 57.8 cm³/mol. The fraction of sp³-hybridized carbons (Fsp3) is 0.333. The average molecular weight is 236 g/mol. The van der Waals surface area contributed by atoms with Crippen LogP contribution in [0.15, 0.2) is 18.2 Å². The molecule has 5 heteroatoms. The summed E-state index contributed by atoms with van der Waals surface area (Å²) in [5.41, 5.74) is 1.52. The third kappa shape index (κ3) is 2.08. The molecule has 0 radical (unpaired) electrons. The molecule has 0 aliphatic heterocycles. The molecule has 0 bridgehead atoms. The van der Waals surface area contributed by atoms with E-state index in [1.54, 1.807) is 6.07 Å². The molecule has 90 valence electrons. The van der Waals surface area contributed by atoms with Crippen molar-refractivity contribution >= 4 is 11.9 Å². The van der Waals surface area contributed by atoms with Crippen molar-refractivity contribution in [2.45, 2.75) is 12.8 Å². The quantitative estimate of drug-likeness (QED) is 0.708. The minimum Gasteiger partial charge on any atom is -0.508 e. The topological polar surface area (TPSA) is 94.8 Å². The van der Waals surface area contributed by atoms with Crippen LogP contribution >= 0.6 is 0 Å². The first-order chi connectivity index (χ1) is 7.99. The van der Waals surface area contributed by atoms with Crippen molar-refractivity contribution in [1.82, 2.24) is 0 Å². The Morgan fingerprint density at radius 3 is 2.06 bits per heavy atom. The Bertz CT molecular complexity index is 480. The van der Waals surface area contributed by atoms with E-state index in [1.165, 1.54) is 12.1 Å². The molecule has 0 aromatic heterocycles. The van der Waals surface area contributed by atoms with Crippen LogP contribution in [0.1, 0.15) is 11.1 Å². The van der Waals surface area contributed by atoms with Crippen molar-refractivity contribution < 1.29 is 24.9 Å². The van der Waals surface area contributed by atoms with Crippen LogP contribution in [-0.4, -0.2) is 27.3 Å². The molecule has 2 unspecified atom stereocenters. The molecule has 1 aromatic rings. The van der Waals surface area contributed by atoms with Crippen LogP contribution in [0.3, 0.4) is 0 Å². The van der Waals surface area contributed by atoms with Gasteiger partial charge < -0.3 is 15.3 Å². The van der Waals surface area contributed by atoms with Gasteiger partial charge in [0.1, 0.15) is 5.75 Å². The fourth-order valence-corrected chi connectivity index (χ4v) is 2.28. The lowest BCUT2D eigenvalue weighted by Gasteiger charge is -2.27. The zero-order chi connectivity index (χ0) is 12.6. The molecule has 0 heterocycles. The second kappa shape index (κ2) is 4.08. The SMILES string of the molecule is O=C(O)C1Cc2ccc(O)cc2CC1C(=O)O. The number of rotatable bonds is 2. The van der Waals surface area contributed by atoms with Gasteiger partial charge in [-0.15, -0.1) is 0 Å². The van der Waals surface area contributed by atoms with Crippen molar-refractivity contribution in [3.05, 3.63) is 29.3 Å². The number of hydrogen-bond donors (Lipinski definition) is 3. The van der Waals surface area contributed by atoms with E-state index in [0.29, 0.717) is 0 Å². The number of hydrogen-bond acceptors (Lipinski definition) is 3. The molecular formula is C12H12O5. The van der Waals surface area contributed by atoms with Gasteiger partial charge in [-0.1, -0.05) is 6.07 Å². The molecule has 0 saturated carbocycles. The van der Waals surface area contributed by atoms with E-state index >= 15 is 0 Å². The van der Waals surface area contributed by atoms with Crippen LogP contribution < -0.4 is 0 Å². The van der Waals surface area contributed by atoms with Crippen LogP contribution in [-0.2, 0) is 22.4 Å². The first-order valence-corrected chi connectivity index (χ1v) is 5.25. The lowest BCUT2D eigenvalue weighted by molar-refractivity contribution is -0.154. The maximum atomic E-state index is 11.0. The molecule has 2 atom stereocenters. The summed E-state index contributed by atoms with van der Waals surface area (Å²) in [5, 5.41) is 27.4. The van der Waals surface area contributed by atoms with Gasteiger partial charge in [-0.3, -0.25) is 9.59 Å². The highest BCUT2D eigenvalue weighted by atomic mass is 16.4. The van der Waals surface area contributed by atoms with E-state index in [4.69, 9.17) is 10.2 Å². The van der Waals surface area contributed by atoms with E-state index in [0.717, 1.165) is 11.1 Å². The molecule has 1 aliphatic rings. The molecule has 1 aromatic carbocycles. The number of fused-ring (bicyclic) bond motifs is 1. The minimum atomic E-state index is -1.11. The Labute approximate surface area is 97.3 Å². The molecule has 0 amide bonds. The number of phenols is 1. The number of carboxylic acid groups (broad SMARTS) is 2. The molecule has 3 N–H and O–H groups in total. The Balaban J connectivity index is 2.39. The van der Waals surface area contributed by atoms with Gasteiger partial charge in [0.2, 0.25) is 0 Å². The standard InChI is InChI=1S/C12H12O5/c13-8-2-1-6-4-9(11(14)15)10(12(16)17)5-7(6)3-8/h1-3,9-10,13H,4-5H2,(H,14,15)(H,16,17). The van der Waals surface area contributed by atoms with Gasteiger partial charge in [0.05, 0.1) is 11.8 Å². The van der Waals surface area contributed by atoms with Crippen LogP contribution in [0.4, 0.5) is 0 Å². The van der Waals surface area contributed by atoms with Crippen molar-refractivity contribution in [1.29, 1.82) is 0 Å². The van der Waals surface area contributed by atoms with Crippen molar-refractivity contribution in [2.24, 2.45) is 11.8 Å². The number of aromatic hydroxyl groups is 1. The first kappa shape index (κ1) is 11.4. The van der Waals surface area contributed by atoms with E-state index in [9.17, 15) is 14.7 Å². The van der Waals surface area contributed by atoms with Gasteiger partial charge in [0, 0.05) is 0 Å². The summed E-state index contributed by atoms with van der Waals surface area (Å²) in [6.45, 7) is 0. The zero-order valence-electron chi connectivity index (χ0n) is 8.96. The van der Waals surface area contributed by atoms with Gasteiger partial charge in [-0.05, 0) is 36.1 Å². The van der Waals surface area contributed by atoms with Gasteiger partial charge in [-0.2, -0.15) is 0 Å². The second-order valence-electron chi connectivity index (χ2n) is 4.25. The van der Waals surface area contributed by atoms with E-state index < -0.39 is 23.8 Å². The molecular weight excluding hydrogens is 224 g/mol. The third-order valence-electron chi connectivity index (χ3n) is 3.19. The zero-order valence-corrected chi connectivity index (χ0v) is 8.96. The summed E-state index contributed by atoms with van der Waals surface area (Å²) < 4.78 is 0. The highest BCUT2D eigenvalue weighted by Gasteiger charge is 2.38. The van der Waals surface area contributed by atoms with Crippen molar-refractivity contribution in [2.75, 3.05) is 0 Å². The summed E-state index contributed by atoms with van der Waals surface area (Å²) in [5.74, 6) is -3.95. The van der Waals surface area contributed by atoms with E-state index in [2.05, 4.69) is 0 Å². The number of phenolic OH excluding ortho intramolecular Hbond substituents is 1. The molecule has 1 aliphatic carbocycles. The van der Waals surface area contributed by atoms with E-state index in [-0.39, 0.29) is 18.6 Å². The largest absolute Gasteiger partial charge is 0.508 e. The molecule has 0 spiro atoms. The number of carboxylic acids is 2. The number of benzene rings is 1. The highest BCUT2D eigenvalue weighted by Crippen LogP contribution is 2.32. The summed E-state index contributed by atoms with van der Waals surface area (Å²) in [4.78, 5) is 22.1. The predicted octanol–water partition coefficient (Wildman–Crippen LogP) is 0.892. The lowest BCUT2D eigenvalue weighted by atomic mass is 9.76. The minimum absolute atomic E-state index is 0.0710. The second-order valence-corrected chi connectivity index (χ2v) is 4.25. The van der Waals surface area contributed by atoms with Crippen LogP contribution in [0.25, 0.3) is 0 Å². The molecule has 17 heavy (non-hydrogen) atoms. The Morgan fingerprint density at radius 1 is 1.00 bits per heavy atom. The summed E-state index contributed by atoms with van der Waals surface area (Å²) >= 11 is 0. The smallest absolute Gasteiger partial charge is 0.307 e. The Hall–Kier alpha value is -2.04. The maximum absolute atomic E-state index is 11.0. The van der Waals surface area contributed by atoms with Gasteiger partial charge in [-0.25, -0.2) is 0 Å². The normalized spacial score (nSPS) is 22.8. The van der Waals surface area contributed by atoms with Crippen LogP contribution in [0.2, 0.25) is 0 Å². The maximum Gasteiger partial charge on any atom is 0.307 e. The number of aliphatic carboxylic acids is 2. The van der Waals surface area contributed by atoms with Gasteiger partial charge in [0.25, 0.3) is 0 Å². The average Bonchev–Trinajstić information content (AvgIpc) is 2.26. The Kier molecular flexibility index (Phi) is 2.75. The highest BCUT2D eigenvalue weighted by molar-refractivity contribution is 5.81. The monoisotopic (exact) mass is 236 g/mol. The molecule has 0 saturated heterocycles. The van der Waals surface area contributed by atoms with Gasteiger partial charge >= 0.3 is 11.9 Å². The lowest BCUT2D eigenvalue weighted by Crippen LogP contribution is -2.36. The number of carbonyl (C=O) groups is 2. The summed E-state index contributed by atoms with van der Waals surface area (Å²) in [7, 11) is 0.